The third kappa shape index (κ3) is 14.3. The van der Waals surface area contributed by atoms with Crippen LogP contribution in [0, 0.1) is 0 Å². The van der Waals surface area contributed by atoms with Crippen molar-refractivity contribution in [3.8, 4) is 0 Å². The van der Waals surface area contributed by atoms with Gasteiger partial charge in [0.1, 0.15) is 12.2 Å². The first-order chi connectivity index (χ1) is 30.9. The van der Waals surface area contributed by atoms with Crippen molar-refractivity contribution < 1.29 is 33.3 Å². The molecule has 3 fully saturated rings. The van der Waals surface area contributed by atoms with Crippen molar-refractivity contribution in [3.05, 3.63) is 173 Å². The lowest BCUT2D eigenvalue weighted by molar-refractivity contribution is -0.150. The topological polar surface area (TPSA) is 98.8 Å². The normalized spacial score (nSPS) is 19.6. The predicted molar refractivity (Wildman–Crippen MR) is 254 cm³/mol. The molecule has 0 radical (unpaired) electrons. The minimum absolute atomic E-state index is 0.0694. The van der Waals surface area contributed by atoms with E-state index in [2.05, 4.69) is 5.32 Å². The number of hydrogen-bond acceptors (Lipinski definition) is 8. The fourth-order valence-electron chi connectivity index (χ4n) is 7.51. The molecule has 3 saturated heterocycles. The van der Waals surface area contributed by atoms with Crippen LogP contribution in [0.3, 0.4) is 0 Å². The maximum atomic E-state index is 12.9. The first-order valence-corrected chi connectivity index (χ1v) is 22.9. The van der Waals surface area contributed by atoms with Gasteiger partial charge in [-0.3, -0.25) is 9.59 Å². The third-order valence-corrected chi connectivity index (χ3v) is 11.9. The molecule has 2 amide bonds. The van der Waals surface area contributed by atoms with E-state index in [4.69, 9.17) is 93.3 Å². The van der Waals surface area contributed by atoms with E-state index in [0.717, 1.165) is 47.5 Å². The van der Waals surface area contributed by atoms with Gasteiger partial charge in [0, 0.05) is 70.5 Å². The molecular weight excluding hydrogens is 943 g/mol. The molecule has 0 aliphatic carbocycles. The molecule has 16 heteroatoms. The van der Waals surface area contributed by atoms with Gasteiger partial charge in [0.15, 0.2) is 12.2 Å². The van der Waals surface area contributed by atoms with Gasteiger partial charge in [-0.2, -0.15) is 0 Å². The van der Waals surface area contributed by atoms with Crippen LogP contribution in [-0.2, 0) is 33.3 Å². The number of nitrogens with one attached hydrogen (secondary N) is 1. The molecule has 5 aromatic rings. The largest absolute Gasteiger partial charge is 0.371 e. The number of ether oxygens (including phenoxy) is 5. The predicted octanol–water partition coefficient (Wildman–Crippen LogP) is 11.2. The Morgan fingerprint density at radius 3 is 1.20 bits per heavy atom. The molecule has 8 rings (SSSR count). The standard InChI is InChI=1S/2C19H19Cl2NO3.C10H11Cl2NO/c2*1-24-18(13-5-3-2-4-6-13)19(23)22-7-8-25-17(12-22)14-9-15(20)11-16(21)10-14;11-8-3-7(4-9(12)5-8)10-6-13-1-2-14-10/h2*2-6,9-11,17-18H,7-8,12H2,1H3;3-5,10,13H,1-2,6H2/t17?,18-;17-,18+;/m10./s1. The molecule has 5 aromatic carbocycles. The highest BCUT2D eigenvalue weighted by Crippen LogP contribution is 2.32. The van der Waals surface area contributed by atoms with Gasteiger partial charge < -0.3 is 38.8 Å². The monoisotopic (exact) mass is 989 g/mol. The summed E-state index contributed by atoms with van der Waals surface area (Å²) in [7, 11) is 3.09. The van der Waals surface area contributed by atoms with E-state index in [0.29, 0.717) is 69.5 Å². The summed E-state index contributed by atoms with van der Waals surface area (Å²) in [6.07, 6.45) is -1.70. The van der Waals surface area contributed by atoms with Gasteiger partial charge in [0.05, 0.1) is 39.0 Å². The lowest BCUT2D eigenvalue weighted by Gasteiger charge is -2.35. The number of nitrogens with zero attached hydrogens (tertiary/aromatic N) is 2. The highest BCUT2D eigenvalue weighted by atomic mass is 35.5. The average Bonchev–Trinajstić information content (AvgIpc) is 3.30. The van der Waals surface area contributed by atoms with Crippen LogP contribution >= 0.6 is 69.6 Å². The van der Waals surface area contributed by atoms with Crippen molar-refractivity contribution in [2.75, 3.05) is 73.3 Å². The van der Waals surface area contributed by atoms with E-state index < -0.39 is 12.2 Å². The number of benzene rings is 5. The van der Waals surface area contributed by atoms with Gasteiger partial charge in [-0.1, -0.05) is 130 Å². The Hall–Kier alpha value is -3.46. The summed E-state index contributed by atoms with van der Waals surface area (Å²) in [6, 6.07) is 35.1. The Bertz CT molecular complexity index is 2100. The number of carbonyl (C=O) groups excluding carboxylic acids is 2. The fraction of sp³-hybridized carbons (Fsp3) is 0.333. The zero-order chi connectivity index (χ0) is 45.6. The lowest BCUT2D eigenvalue weighted by Crippen LogP contribution is -2.44. The summed E-state index contributed by atoms with van der Waals surface area (Å²) in [4.78, 5) is 29.4. The second kappa shape index (κ2) is 24.9. The van der Waals surface area contributed by atoms with E-state index in [1.165, 1.54) is 0 Å². The van der Waals surface area contributed by atoms with Crippen LogP contribution in [0.1, 0.15) is 58.3 Å². The van der Waals surface area contributed by atoms with Crippen LogP contribution in [0.25, 0.3) is 0 Å². The molecule has 3 aliphatic rings. The molecule has 0 spiro atoms. The zero-order valence-electron chi connectivity index (χ0n) is 35.2. The minimum Gasteiger partial charge on any atom is -0.371 e. The molecule has 5 atom stereocenters. The minimum atomic E-state index is -0.622. The van der Waals surface area contributed by atoms with Crippen molar-refractivity contribution in [3.63, 3.8) is 0 Å². The second-order valence-corrected chi connectivity index (χ2v) is 17.6. The summed E-state index contributed by atoms with van der Waals surface area (Å²) < 4.78 is 28.1. The van der Waals surface area contributed by atoms with Gasteiger partial charge in [-0.05, 0) is 82.4 Å². The van der Waals surface area contributed by atoms with Gasteiger partial charge in [-0.15, -0.1) is 0 Å². The van der Waals surface area contributed by atoms with Crippen molar-refractivity contribution in [1.29, 1.82) is 0 Å². The molecule has 3 aliphatic heterocycles. The average molecular weight is 993 g/mol. The fourth-order valence-corrected chi connectivity index (χ4v) is 9.14. The molecule has 10 nitrogen and oxygen atoms in total. The number of methoxy groups -OCH3 is 2. The first-order valence-electron chi connectivity index (χ1n) is 20.6. The number of halogens is 6. The zero-order valence-corrected chi connectivity index (χ0v) is 39.8. The Kier molecular flexibility index (Phi) is 19.4. The SMILES string of the molecule is CO[C@@H](C(=O)N1CCOC(c2cc(Cl)cc(Cl)c2)C1)c1ccccc1.CO[C@@H](C(=O)N1CCO[C@H](c2cc(Cl)cc(Cl)c2)C1)c1ccccc1.Clc1cc(Cl)cc(C2CNCCO2)c1. The van der Waals surface area contributed by atoms with E-state index in [9.17, 15) is 9.59 Å². The third-order valence-electron chi connectivity index (χ3n) is 10.6. The summed E-state index contributed by atoms with van der Waals surface area (Å²) in [5.41, 5.74) is 4.44. The van der Waals surface area contributed by atoms with Crippen LogP contribution < -0.4 is 5.32 Å². The number of morpholine rings is 3. The van der Waals surface area contributed by atoms with Crippen LogP contribution in [0.4, 0.5) is 0 Å². The molecule has 0 aromatic heterocycles. The van der Waals surface area contributed by atoms with Crippen molar-refractivity contribution in [2.45, 2.75) is 30.5 Å². The number of hydrogen-bond donors (Lipinski definition) is 1. The van der Waals surface area contributed by atoms with Gasteiger partial charge in [-0.25, -0.2) is 0 Å². The van der Waals surface area contributed by atoms with E-state index in [1.54, 1.807) is 42.2 Å². The van der Waals surface area contributed by atoms with E-state index in [1.807, 2.05) is 97.1 Å². The van der Waals surface area contributed by atoms with Crippen molar-refractivity contribution >= 4 is 81.4 Å². The molecule has 0 bridgehead atoms. The highest BCUT2D eigenvalue weighted by molar-refractivity contribution is 6.35. The van der Waals surface area contributed by atoms with Crippen LogP contribution in [0.2, 0.25) is 30.1 Å². The van der Waals surface area contributed by atoms with Crippen molar-refractivity contribution in [2.24, 2.45) is 0 Å². The maximum absolute atomic E-state index is 12.9. The molecule has 64 heavy (non-hydrogen) atoms. The highest BCUT2D eigenvalue weighted by Gasteiger charge is 2.33. The molecule has 2 unspecified atom stereocenters. The smallest absolute Gasteiger partial charge is 0.256 e. The molecule has 1 N–H and O–H groups in total. The first kappa shape index (κ1) is 50.0. The summed E-state index contributed by atoms with van der Waals surface area (Å²) in [5.74, 6) is -0.148. The second-order valence-electron chi connectivity index (χ2n) is 15.0. The summed E-state index contributed by atoms with van der Waals surface area (Å²) >= 11 is 36.1. The number of rotatable bonds is 9. The number of carbonyl (C=O) groups is 2. The molecular formula is C48H49Cl6N3O7. The van der Waals surface area contributed by atoms with Gasteiger partial charge in [0.2, 0.25) is 0 Å². The van der Waals surface area contributed by atoms with Gasteiger partial charge >= 0.3 is 0 Å². The van der Waals surface area contributed by atoms with Crippen molar-refractivity contribution in [1.82, 2.24) is 15.1 Å². The number of amides is 2. The van der Waals surface area contributed by atoms with Gasteiger partial charge in [0.25, 0.3) is 11.8 Å². The molecule has 0 saturated carbocycles. The Morgan fingerprint density at radius 2 is 0.875 bits per heavy atom. The van der Waals surface area contributed by atoms with Crippen LogP contribution in [0.5, 0.6) is 0 Å². The Morgan fingerprint density at radius 1 is 0.531 bits per heavy atom. The lowest BCUT2D eigenvalue weighted by atomic mass is 10.1. The van der Waals surface area contributed by atoms with E-state index in [-0.39, 0.29) is 30.1 Å². The maximum Gasteiger partial charge on any atom is 0.256 e. The van der Waals surface area contributed by atoms with Crippen LogP contribution in [-0.4, -0.2) is 94.9 Å². The Balaban J connectivity index is 0.000000166. The molecule has 3 heterocycles. The van der Waals surface area contributed by atoms with E-state index >= 15 is 0 Å². The summed E-state index contributed by atoms with van der Waals surface area (Å²) in [6.45, 7) is 5.27. The summed E-state index contributed by atoms with van der Waals surface area (Å²) in [5, 5.41) is 6.77. The molecule has 340 valence electrons. The Labute approximate surface area is 404 Å². The quantitative estimate of drug-likeness (QED) is 0.156. The van der Waals surface area contributed by atoms with Crippen LogP contribution in [0.15, 0.2) is 115 Å².